The lowest BCUT2D eigenvalue weighted by atomic mass is 9.66. The van der Waals surface area contributed by atoms with Crippen molar-refractivity contribution >= 4 is 18.0 Å². The maximum absolute atomic E-state index is 14.3. The minimum Gasteiger partial charge on any atom is -0.466 e. The molecule has 0 spiro atoms. The van der Waals surface area contributed by atoms with E-state index in [1.54, 1.807) is 52.0 Å². The summed E-state index contributed by atoms with van der Waals surface area (Å²) in [6, 6.07) is 6.88. The summed E-state index contributed by atoms with van der Waals surface area (Å²) < 4.78 is 38.8. The molecular weight excluding hydrogens is 342 g/mol. The molecule has 2 atom stereocenters. The van der Waals surface area contributed by atoms with Gasteiger partial charge < -0.3 is 9.47 Å². The molecule has 0 bridgehead atoms. The van der Waals surface area contributed by atoms with Crippen LogP contribution < -0.4 is 0 Å². The predicted octanol–water partition coefficient (Wildman–Crippen LogP) is 4.34. The third kappa shape index (κ3) is 3.94. The van der Waals surface area contributed by atoms with Crippen molar-refractivity contribution in [2.75, 3.05) is 6.61 Å². The SMILES string of the molecule is CCOC(=O)C[C@H]1c2ccccc2C=CC1(C(=O)OC(C)(C)C)C(F)F. The lowest BCUT2D eigenvalue weighted by Crippen LogP contribution is -2.47. The summed E-state index contributed by atoms with van der Waals surface area (Å²) in [6.45, 7) is 6.62. The molecule has 0 aliphatic heterocycles. The molecule has 1 aromatic rings. The van der Waals surface area contributed by atoms with Crippen molar-refractivity contribution < 1.29 is 27.8 Å². The third-order valence-electron chi connectivity index (χ3n) is 4.28. The average Bonchev–Trinajstić information content (AvgIpc) is 2.53. The van der Waals surface area contributed by atoms with Crippen LogP contribution in [0.5, 0.6) is 0 Å². The Morgan fingerprint density at radius 2 is 1.88 bits per heavy atom. The van der Waals surface area contributed by atoms with Gasteiger partial charge in [0.05, 0.1) is 13.0 Å². The minimum atomic E-state index is -3.04. The minimum absolute atomic E-state index is 0.136. The van der Waals surface area contributed by atoms with Gasteiger partial charge in [0.1, 0.15) is 5.60 Å². The molecule has 0 saturated heterocycles. The van der Waals surface area contributed by atoms with E-state index in [1.165, 1.54) is 12.2 Å². The normalized spacial score (nSPS) is 22.0. The van der Waals surface area contributed by atoms with E-state index < -0.39 is 35.3 Å². The molecular formula is C20H24F2O4. The van der Waals surface area contributed by atoms with Crippen molar-refractivity contribution in [2.24, 2.45) is 5.41 Å². The van der Waals surface area contributed by atoms with E-state index in [0.717, 1.165) is 0 Å². The molecule has 1 aromatic carbocycles. The molecule has 142 valence electrons. The highest BCUT2D eigenvalue weighted by atomic mass is 19.3. The van der Waals surface area contributed by atoms with E-state index >= 15 is 0 Å². The first-order valence-corrected chi connectivity index (χ1v) is 8.57. The second kappa shape index (κ2) is 7.56. The third-order valence-corrected chi connectivity index (χ3v) is 4.28. The number of alkyl halides is 2. The van der Waals surface area contributed by atoms with Crippen LogP contribution in [-0.4, -0.2) is 30.6 Å². The number of carbonyl (C=O) groups excluding carboxylic acids is 2. The highest BCUT2D eigenvalue weighted by Crippen LogP contribution is 2.50. The summed E-state index contributed by atoms with van der Waals surface area (Å²) >= 11 is 0. The van der Waals surface area contributed by atoms with Gasteiger partial charge in [0.2, 0.25) is 0 Å². The van der Waals surface area contributed by atoms with Crippen molar-refractivity contribution in [3.8, 4) is 0 Å². The number of halogens is 2. The molecule has 0 saturated carbocycles. The van der Waals surface area contributed by atoms with E-state index in [-0.39, 0.29) is 13.0 Å². The summed E-state index contributed by atoms with van der Waals surface area (Å²) in [5, 5.41) is 0. The Kier molecular flexibility index (Phi) is 5.84. The number of rotatable bonds is 5. The van der Waals surface area contributed by atoms with Crippen molar-refractivity contribution in [3.05, 3.63) is 41.5 Å². The van der Waals surface area contributed by atoms with Crippen molar-refractivity contribution in [2.45, 2.75) is 52.1 Å². The molecule has 0 N–H and O–H groups in total. The number of ether oxygens (including phenoxy) is 2. The van der Waals surface area contributed by atoms with Crippen LogP contribution in [0.4, 0.5) is 8.78 Å². The summed E-state index contributed by atoms with van der Waals surface area (Å²) in [7, 11) is 0. The molecule has 1 aliphatic carbocycles. The van der Waals surface area contributed by atoms with E-state index in [1.807, 2.05) is 0 Å². The molecule has 0 radical (unpaired) electrons. The van der Waals surface area contributed by atoms with Crippen LogP contribution in [0, 0.1) is 5.41 Å². The summed E-state index contributed by atoms with van der Waals surface area (Å²) in [5.74, 6) is -2.74. The van der Waals surface area contributed by atoms with Crippen molar-refractivity contribution in [1.82, 2.24) is 0 Å². The standard InChI is InChI=1S/C20H24F2O4/c1-5-25-16(23)12-15-14-9-7-6-8-13(14)10-11-20(15,17(21)22)18(24)26-19(2,3)4/h6-11,15,17H,5,12H2,1-4H3/t15-,20?/m0/s1. The molecule has 6 heteroatoms. The summed E-state index contributed by atoms with van der Waals surface area (Å²) in [6.07, 6.45) is -0.703. The van der Waals surface area contributed by atoms with Gasteiger partial charge in [0.15, 0.2) is 5.41 Å². The van der Waals surface area contributed by atoms with Gasteiger partial charge in [0, 0.05) is 5.92 Å². The van der Waals surface area contributed by atoms with E-state index in [2.05, 4.69) is 0 Å². The number of benzene rings is 1. The van der Waals surface area contributed by atoms with E-state index in [9.17, 15) is 18.4 Å². The van der Waals surface area contributed by atoms with E-state index in [4.69, 9.17) is 9.47 Å². The number of hydrogen-bond donors (Lipinski definition) is 0. The first kappa shape index (κ1) is 20.1. The first-order chi connectivity index (χ1) is 12.1. The molecule has 0 aromatic heterocycles. The Bertz CT molecular complexity index is 706. The zero-order chi connectivity index (χ0) is 19.5. The Morgan fingerprint density at radius 1 is 1.23 bits per heavy atom. The quantitative estimate of drug-likeness (QED) is 0.728. The van der Waals surface area contributed by atoms with Crippen LogP contribution in [0.15, 0.2) is 30.3 Å². The Hall–Kier alpha value is -2.24. The van der Waals surface area contributed by atoms with Crippen LogP contribution in [0.25, 0.3) is 6.08 Å². The maximum atomic E-state index is 14.3. The fourth-order valence-electron chi connectivity index (χ4n) is 3.14. The molecule has 0 heterocycles. The monoisotopic (exact) mass is 366 g/mol. The fraction of sp³-hybridized carbons (Fsp3) is 0.500. The van der Waals surface area contributed by atoms with Crippen molar-refractivity contribution in [1.29, 1.82) is 0 Å². The number of hydrogen-bond acceptors (Lipinski definition) is 4. The van der Waals surface area contributed by atoms with Gasteiger partial charge in [0.25, 0.3) is 6.43 Å². The largest absolute Gasteiger partial charge is 0.466 e. The lowest BCUT2D eigenvalue weighted by Gasteiger charge is -2.40. The summed E-state index contributed by atoms with van der Waals surface area (Å²) in [4.78, 5) is 24.9. The van der Waals surface area contributed by atoms with Gasteiger partial charge in [-0.05, 0) is 38.8 Å². The van der Waals surface area contributed by atoms with Gasteiger partial charge in [-0.2, -0.15) is 0 Å². The van der Waals surface area contributed by atoms with Crippen LogP contribution in [0.2, 0.25) is 0 Å². The molecule has 4 nitrogen and oxygen atoms in total. The lowest BCUT2D eigenvalue weighted by molar-refractivity contribution is -0.176. The molecule has 1 aliphatic rings. The van der Waals surface area contributed by atoms with Crippen LogP contribution in [0.1, 0.15) is 51.2 Å². The van der Waals surface area contributed by atoms with Gasteiger partial charge in [-0.3, -0.25) is 9.59 Å². The number of fused-ring (bicyclic) bond motifs is 1. The summed E-state index contributed by atoms with van der Waals surface area (Å²) in [5.41, 5.74) is -1.97. The maximum Gasteiger partial charge on any atom is 0.323 e. The predicted molar refractivity (Wildman–Crippen MR) is 93.7 cm³/mol. The highest BCUT2D eigenvalue weighted by molar-refractivity contribution is 5.86. The number of carbonyl (C=O) groups is 2. The topological polar surface area (TPSA) is 52.6 Å². The highest BCUT2D eigenvalue weighted by Gasteiger charge is 2.56. The van der Waals surface area contributed by atoms with Gasteiger partial charge >= 0.3 is 11.9 Å². The van der Waals surface area contributed by atoms with E-state index in [0.29, 0.717) is 11.1 Å². The first-order valence-electron chi connectivity index (χ1n) is 8.57. The zero-order valence-electron chi connectivity index (χ0n) is 15.4. The zero-order valence-corrected chi connectivity index (χ0v) is 15.4. The van der Waals surface area contributed by atoms with Gasteiger partial charge in [-0.1, -0.05) is 36.4 Å². The molecule has 1 unspecified atom stereocenters. The molecule has 0 fully saturated rings. The molecule has 2 rings (SSSR count). The van der Waals surface area contributed by atoms with Gasteiger partial charge in [-0.15, -0.1) is 0 Å². The Labute approximate surface area is 152 Å². The van der Waals surface area contributed by atoms with Crippen LogP contribution in [0.3, 0.4) is 0 Å². The smallest absolute Gasteiger partial charge is 0.323 e. The van der Waals surface area contributed by atoms with Gasteiger partial charge in [-0.25, -0.2) is 8.78 Å². The second-order valence-corrected chi connectivity index (χ2v) is 7.26. The second-order valence-electron chi connectivity index (χ2n) is 7.26. The van der Waals surface area contributed by atoms with Crippen molar-refractivity contribution in [3.63, 3.8) is 0 Å². The molecule has 26 heavy (non-hydrogen) atoms. The average molecular weight is 366 g/mol. The van der Waals surface area contributed by atoms with Crippen LogP contribution in [-0.2, 0) is 19.1 Å². The van der Waals surface area contributed by atoms with Crippen LogP contribution >= 0.6 is 0 Å². The number of esters is 2. The fourth-order valence-corrected chi connectivity index (χ4v) is 3.14. The Morgan fingerprint density at radius 3 is 2.46 bits per heavy atom. The Balaban J connectivity index is 2.56. The molecule has 0 amide bonds.